The molecule has 3 unspecified atom stereocenters. The lowest BCUT2D eigenvalue weighted by Gasteiger charge is -2.29. The van der Waals surface area contributed by atoms with Crippen LogP contribution in [0.2, 0.25) is 0 Å². The van der Waals surface area contributed by atoms with Crippen LogP contribution in [0.3, 0.4) is 0 Å². The molecular weight excluding hydrogens is 456 g/mol. The first kappa shape index (κ1) is 25.9. The van der Waals surface area contributed by atoms with Crippen LogP contribution in [-0.2, 0) is 27.8 Å². The Morgan fingerprint density at radius 2 is 2.08 bits per heavy atom. The van der Waals surface area contributed by atoms with E-state index in [9.17, 15) is 14.7 Å². The molecule has 1 aliphatic carbocycles. The fourth-order valence-electron chi connectivity index (χ4n) is 5.28. The number of rotatable bonds is 8. The average Bonchev–Trinajstić information content (AvgIpc) is 3.19. The van der Waals surface area contributed by atoms with E-state index in [0.717, 1.165) is 60.4 Å². The van der Waals surface area contributed by atoms with Crippen molar-refractivity contribution in [3.63, 3.8) is 0 Å². The number of pyridine rings is 1. The van der Waals surface area contributed by atoms with Crippen molar-refractivity contribution in [1.82, 2.24) is 20.0 Å². The molecule has 192 valence electrons. The molecule has 0 saturated carbocycles. The predicted octanol–water partition coefficient (Wildman–Crippen LogP) is 4.93. The van der Waals surface area contributed by atoms with Gasteiger partial charge in [0.05, 0.1) is 17.5 Å². The van der Waals surface area contributed by atoms with Crippen LogP contribution in [0.4, 0.5) is 0 Å². The monoisotopic (exact) mass is 492 g/mol. The van der Waals surface area contributed by atoms with Gasteiger partial charge in [-0.3, -0.25) is 19.3 Å². The second kappa shape index (κ2) is 11.7. The van der Waals surface area contributed by atoms with E-state index in [2.05, 4.69) is 23.3 Å². The minimum Gasteiger partial charge on any atom is -0.481 e. The number of hydrogen-bond donors (Lipinski definition) is 1. The summed E-state index contributed by atoms with van der Waals surface area (Å²) in [5.41, 5.74) is 5.58. The number of aryl methyl sites for hydroxylation is 2. The maximum Gasteiger partial charge on any atom is 0.303 e. The second-order valence-electron chi connectivity index (χ2n) is 10.0. The van der Waals surface area contributed by atoms with Crippen molar-refractivity contribution >= 4 is 11.8 Å². The molecule has 36 heavy (non-hydrogen) atoms. The number of carbonyl (C=O) groups excluding carboxylic acids is 1. The fraction of sp³-hybridized carbons (Fsp3) is 0.536. The molecule has 8 nitrogen and oxygen atoms in total. The van der Waals surface area contributed by atoms with Gasteiger partial charge in [-0.15, -0.1) is 5.10 Å². The topological polar surface area (TPSA) is 107 Å². The summed E-state index contributed by atoms with van der Waals surface area (Å²) in [6.45, 7) is 4.67. The summed E-state index contributed by atoms with van der Waals surface area (Å²) in [5, 5.41) is 17.9. The Kier molecular flexibility index (Phi) is 8.46. The summed E-state index contributed by atoms with van der Waals surface area (Å²) in [5.74, 6) is -0.252. The summed E-state index contributed by atoms with van der Waals surface area (Å²) in [6.07, 6.45) is 11.5. The first-order valence-corrected chi connectivity index (χ1v) is 13.0. The number of carboxylic acid groups (broad SMARTS) is 1. The Bertz CT molecular complexity index is 1170. The van der Waals surface area contributed by atoms with Crippen molar-refractivity contribution in [3.05, 3.63) is 52.9 Å². The molecule has 1 N–H and O–H groups in total. The smallest absolute Gasteiger partial charge is 0.303 e. The Hall–Kier alpha value is -3.13. The normalized spacial score (nSPS) is 25.0. The zero-order valence-electron chi connectivity index (χ0n) is 21.4. The van der Waals surface area contributed by atoms with E-state index in [-0.39, 0.29) is 30.1 Å². The van der Waals surface area contributed by atoms with Crippen molar-refractivity contribution in [2.75, 3.05) is 6.61 Å². The molecule has 1 saturated heterocycles. The van der Waals surface area contributed by atoms with Crippen LogP contribution < -0.4 is 0 Å². The van der Waals surface area contributed by atoms with Gasteiger partial charge in [0.1, 0.15) is 5.69 Å². The zero-order valence-corrected chi connectivity index (χ0v) is 21.4. The van der Waals surface area contributed by atoms with Crippen molar-refractivity contribution in [2.45, 2.75) is 71.3 Å². The first-order valence-electron chi connectivity index (χ1n) is 13.0. The van der Waals surface area contributed by atoms with Crippen LogP contribution in [0.1, 0.15) is 74.9 Å². The molecule has 0 radical (unpaired) electrons. The third kappa shape index (κ3) is 6.35. The Morgan fingerprint density at radius 1 is 1.25 bits per heavy atom. The maximum atomic E-state index is 12.2. The van der Waals surface area contributed by atoms with Gasteiger partial charge in [0.15, 0.2) is 5.78 Å². The van der Waals surface area contributed by atoms with Crippen LogP contribution in [0.25, 0.3) is 11.4 Å². The third-order valence-corrected chi connectivity index (χ3v) is 7.20. The quantitative estimate of drug-likeness (QED) is 0.556. The highest BCUT2D eigenvalue weighted by Gasteiger charge is 2.27. The van der Waals surface area contributed by atoms with Gasteiger partial charge in [0.2, 0.25) is 0 Å². The second-order valence-corrected chi connectivity index (χ2v) is 10.0. The van der Waals surface area contributed by atoms with Crippen LogP contribution >= 0.6 is 0 Å². The fourth-order valence-corrected chi connectivity index (χ4v) is 5.28. The van der Waals surface area contributed by atoms with Gasteiger partial charge in [-0.25, -0.2) is 0 Å². The highest BCUT2D eigenvalue weighted by molar-refractivity contribution is 5.90. The van der Waals surface area contributed by atoms with Gasteiger partial charge in [-0.1, -0.05) is 42.3 Å². The summed E-state index contributed by atoms with van der Waals surface area (Å²) >= 11 is 0. The van der Waals surface area contributed by atoms with Gasteiger partial charge in [0, 0.05) is 37.8 Å². The minimum atomic E-state index is -0.762. The predicted molar refractivity (Wildman–Crippen MR) is 136 cm³/mol. The van der Waals surface area contributed by atoms with Gasteiger partial charge < -0.3 is 9.84 Å². The average molecular weight is 493 g/mol. The Labute approximate surface area is 212 Å². The van der Waals surface area contributed by atoms with E-state index in [1.807, 2.05) is 36.9 Å². The molecule has 1 aliphatic heterocycles. The number of nitrogens with zero attached hydrogens (tertiary/aromatic N) is 4. The van der Waals surface area contributed by atoms with E-state index in [1.165, 1.54) is 5.57 Å². The van der Waals surface area contributed by atoms with Crippen LogP contribution in [0.15, 0.2) is 35.9 Å². The minimum absolute atomic E-state index is 0.114. The lowest BCUT2D eigenvalue weighted by Crippen LogP contribution is -2.22. The molecule has 3 heterocycles. The SMILES string of the molecule is CCCC1=C/C(Cc2c(-c3ccc(C4CC(CC(=O)O)CCO4)c(C)n3)nnn2C)CCC(=O)/C=C\1. The number of carboxylic acids is 1. The van der Waals surface area contributed by atoms with E-state index < -0.39 is 5.97 Å². The lowest BCUT2D eigenvalue weighted by atomic mass is 9.88. The van der Waals surface area contributed by atoms with E-state index in [4.69, 9.17) is 9.72 Å². The summed E-state index contributed by atoms with van der Waals surface area (Å²) in [4.78, 5) is 28.2. The van der Waals surface area contributed by atoms with Crippen LogP contribution in [0, 0.1) is 18.8 Å². The first-order chi connectivity index (χ1) is 17.3. The molecule has 0 spiro atoms. The molecule has 4 rings (SSSR count). The van der Waals surface area contributed by atoms with Crippen molar-refractivity contribution < 1.29 is 19.4 Å². The maximum absolute atomic E-state index is 12.2. The van der Waals surface area contributed by atoms with Gasteiger partial charge in [-0.05, 0) is 63.0 Å². The van der Waals surface area contributed by atoms with Gasteiger partial charge in [0.25, 0.3) is 0 Å². The molecular formula is C28H36N4O4. The van der Waals surface area contributed by atoms with Gasteiger partial charge in [-0.2, -0.15) is 0 Å². The molecule has 8 heteroatoms. The summed E-state index contributed by atoms with van der Waals surface area (Å²) < 4.78 is 7.80. The molecule has 0 amide bonds. The molecule has 2 aliphatic rings. The number of aliphatic carboxylic acids is 1. The lowest BCUT2D eigenvalue weighted by molar-refractivity contribution is -0.139. The highest BCUT2D eigenvalue weighted by atomic mass is 16.5. The van der Waals surface area contributed by atoms with Crippen molar-refractivity contribution in [2.24, 2.45) is 18.9 Å². The Balaban J connectivity index is 1.56. The number of allylic oxidation sites excluding steroid dienone is 4. The van der Waals surface area contributed by atoms with E-state index in [1.54, 1.807) is 6.08 Å². The number of ether oxygens (including phenoxy) is 1. The van der Waals surface area contributed by atoms with Crippen molar-refractivity contribution in [1.29, 1.82) is 0 Å². The number of carbonyl (C=O) groups is 2. The number of aromatic nitrogens is 4. The number of hydrogen-bond acceptors (Lipinski definition) is 6. The third-order valence-electron chi connectivity index (χ3n) is 7.20. The van der Waals surface area contributed by atoms with E-state index in [0.29, 0.717) is 19.4 Å². The molecule has 0 bridgehead atoms. The Morgan fingerprint density at radius 3 is 2.83 bits per heavy atom. The highest BCUT2D eigenvalue weighted by Crippen LogP contribution is 2.35. The summed E-state index contributed by atoms with van der Waals surface area (Å²) in [7, 11) is 1.90. The summed E-state index contributed by atoms with van der Waals surface area (Å²) in [6, 6.07) is 3.99. The molecule has 2 aromatic heterocycles. The van der Waals surface area contributed by atoms with Crippen LogP contribution in [0.5, 0.6) is 0 Å². The largest absolute Gasteiger partial charge is 0.481 e. The molecule has 0 aromatic carbocycles. The molecule has 2 aromatic rings. The standard InChI is InChI=1S/C28H36N4O4/c1-4-5-19-6-8-22(33)9-7-20(14-19)15-25-28(30-31-32(25)3)24-11-10-23(18(2)29-24)26-16-21(12-13-36-26)17-27(34)35/h6,8,10-11,14,20-21,26H,4-5,7,9,12-13,15-17H2,1-3H3,(H,34,35)/b8-6-,19-14-. The van der Waals surface area contributed by atoms with Gasteiger partial charge >= 0.3 is 5.97 Å². The zero-order chi connectivity index (χ0) is 25.7. The molecule has 3 atom stereocenters. The molecule has 1 fully saturated rings. The van der Waals surface area contributed by atoms with Crippen LogP contribution in [-0.4, -0.2) is 43.4 Å². The van der Waals surface area contributed by atoms with E-state index >= 15 is 0 Å². The van der Waals surface area contributed by atoms with Crippen molar-refractivity contribution in [3.8, 4) is 11.4 Å². The number of ketones is 1.